The minimum Gasteiger partial charge on any atom is -0.361 e. The van der Waals surface area contributed by atoms with Crippen LogP contribution in [0.15, 0.2) is 67.1 Å². The van der Waals surface area contributed by atoms with Crippen molar-refractivity contribution < 1.29 is 9.18 Å². The quantitative estimate of drug-likeness (QED) is 0.571. The average Bonchev–Trinajstić information content (AvgIpc) is 3.26. The lowest BCUT2D eigenvalue weighted by atomic mass is 10.0. The molecule has 27 heavy (non-hydrogen) atoms. The Balaban J connectivity index is 1.61. The number of rotatable bonds is 5. The van der Waals surface area contributed by atoms with Crippen LogP contribution in [0.5, 0.6) is 0 Å². The molecule has 1 amide bonds. The molecule has 2 N–H and O–H groups in total. The Morgan fingerprint density at radius 2 is 2.11 bits per heavy atom. The number of amides is 1. The third-order valence-corrected chi connectivity index (χ3v) is 4.63. The number of nitrogens with one attached hydrogen (secondary N) is 2. The van der Waals surface area contributed by atoms with Crippen LogP contribution >= 0.6 is 0 Å². The second kappa shape index (κ2) is 7.07. The number of aromatic nitrogens is 3. The fraction of sp³-hybridized carbons (Fsp3) is 0.143. The molecule has 0 aliphatic rings. The smallest absolute Gasteiger partial charge is 0.225 e. The third-order valence-electron chi connectivity index (χ3n) is 4.63. The summed E-state index contributed by atoms with van der Waals surface area (Å²) < 4.78 is 15.6. The predicted molar refractivity (Wildman–Crippen MR) is 102 cm³/mol. The molecule has 0 aliphatic heterocycles. The lowest BCUT2D eigenvalue weighted by molar-refractivity contribution is -0.121. The molecular weight excluding hydrogens is 343 g/mol. The van der Waals surface area contributed by atoms with Gasteiger partial charge in [0.2, 0.25) is 5.91 Å². The van der Waals surface area contributed by atoms with Gasteiger partial charge in [0.05, 0.1) is 6.42 Å². The van der Waals surface area contributed by atoms with Crippen molar-refractivity contribution in [3.63, 3.8) is 0 Å². The highest BCUT2D eigenvalue weighted by atomic mass is 19.1. The van der Waals surface area contributed by atoms with Crippen molar-refractivity contribution in [1.29, 1.82) is 0 Å². The van der Waals surface area contributed by atoms with Gasteiger partial charge in [0.25, 0.3) is 0 Å². The summed E-state index contributed by atoms with van der Waals surface area (Å²) in [6.45, 7) is 0. The van der Waals surface area contributed by atoms with Crippen molar-refractivity contribution in [3.8, 4) is 0 Å². The Bertz CT molecular complexity index is 1100. The van der Waals surface area contributed by atoms with Gasteiger partial charge in [-0.05, 0) is 29.3 Å². The van der Waals surface area contributed by atoms with Gasteiger partial charge in [0.1, 0.15) is 17.7 Å². The first-order valence-electron chi connectivity index (χ1n) is 8.69. The first kappa shape index (κ1) is 17.0. The summed E-state index contributed by atoms with van der Waals surface area (Å²) >= 11 is 0. The highest BCUT2D eigenvalue weighted by Gasteiger charge is 2.21. The highest BCUT2D eigenvalue weighted by Crippen LogP contribution is 2.22. The molecule has 2 aromatic heterocycles. The number of hydrogen-bond acceptors (Lipinski definition) is 2. The topological polar surface area (TPSA) is 62.7 Å². The zero-order valence-electron chi connectivity index (χ0n) is 14.8. The number of imidazole rings is 1. The van der Waals surface area contributed by atoms with E-state index >= 15 is 0 Å². The number of aryl methyl sites for hydroxylation is 1. The van der Waals surface area contributed by atoms with E-state index in [0.717, 1.165) is 16.5 Å². The summed E-state index contributed by atoms with van der Waals surface area (Å²) in [6, 6.07) is 13.5. The van der Waals surface area contributed by atoms with E-state index in [1.807, 2.05) is 42.1 Å². The number of fused-ring (bicyclic) bond motifs is 1. The first-order chi connectivity index (χ1) is 13.1. The summed E-state index contributed by atoms with van der Waals surface area (Å²) in [4.78, 5) is 20.3. The average molecular weight is 362 g/mol. The van der Waals surface area contributed by atoms with Crippen LogP contribution in [0.25, 0.3) is 10.9 Å². The van der Waals surface area contributed by atoms with Crippen molar-refractivity contribution in [2.75, 3.05) is 0 Å². The minimum atomic E-state index is -0.529. The lowest BCUT2D eigenvalue weighted by Gasteiger charge is -2.19. The molecule has 0 bridgehead atoms. The lowest BCUT2D eigenvalue weighted by Crippen LogP contribution is -2.32. The second-order valence-corrected chi connectivity index (χ2v) is 6.49. The van der Waals surface area contributed by atoms with E-state index < -0.39 is 6.04 Å². The first-order valence-corrected chi connectivity index (χ1v) is 8.69. The number of aromatic amines is 1. The van der Waals surface area contributed by atoms with Gasteiger partial charge in [-0.15, -0.1) is 0 Å². The van der Waals surface area contributed by atoms with E-state index in [2.05, 4.69) is 15.3 Å². The highest BCUT2D eigenvalue weighted by molar-refractivity contribution is 5.89. The van der Waals surface area contributed by atoms with Gasteiger partial charge in [-0.1, -0.05) is 30.3 Å². The van der Waals surface area contributed by atoms with Crippen LogP contribution in [0.4, 0.5) is 4.39 Å². The molecule has 0 saturated carbocycles. The molecule has 2 heterocycles. The van der Waals surface area contributed by atoms with Gasteiger partial charge in [-0.25, -0.2) is 9.37 Å². The summed E-state index contributed by atoms with van der Waals surface area (Å²) in [5, 5.41) is 4.02. The molecule has 6 heteroatoms. The molecule has 0 radical (unpaired) electrons. The standard InChI is InChI=1S/C21H19FN4O/c1-26-10-9-23-21(26)20(14-5-4-6-16(22)11-14)25-19(27)12-15-13-24-18-8-3-2-7-17(15)18/h2-11,13,20,24H,12H2,1H3,(H,25,27). The van der Waals surface area contributed by atoms with E-state index in [1.165, 1.54) is 12.1 Å². The van der Waals surface area contributed by atoms with Crippen LogP contribution < -0.4 is 5.32 Å². The maximum atomic E-state index is 13.7. The van der Waals surface area contributed by atoms with Gasteiger partial charge >= 0.3 is 0 Å². The number of H-pyrrole nitrogens is 1. The molecule has 4 aromatic rings. The van der Waals surface area contributed by atoms with E-state index in [4.69, 9.17) is 0 Å². The van der Waals surface area contributed by atoms with Crippen molar-refractivity contribution in [1.82, 2.24) is 19.9 Å². The molecule has 4 rings (SSSR count). The van der Waals surface area contributed by atoms with E-state index in [1.54, 1.807) is 24.5 Å². The molecule has 0 aliphatic carbocycles. The molecule has 0 saturated heterocycles. The number of benzene rings is 2. The maximum absolute atomic E-state index is 13.7. The van der Waals surface area contributed by atoms with Crippen molar-refractivity contribution in [3.05, 3.63) is 89.9 Å². The largest absolute Gasteiger partial charge is 0.361 e. The van der Waals surface area contributed by atoms with Crippen LogP contribution in [-0.2, 0) is 18.3 Å². The Morgan fingerprint density at radius 3 is 2.89 bits per heavy atom. The maximum Gasteiger partial charge on any atom is 0.225 e. The summed E-state index contributed by atoms with van der Waals surface area (Å²) in [5.74, 6) is 0.141. The Labute approximate surface area is 155 Å². The number of carbonyl (C=O) groups is 1. The van der Waals surface area contributed by atoms with Crippen LogP contribution in [0.3, 0.4) is 0 Å². The third kappa shape index (κ3) is 3.46. The summed E-state index contributed by atoms with van der Waals surface area (Å²) in [5.41, 5.74) is 2.56. The van der Waals surface area contributed by atoms with Crippen LogP contribution in [-0.4, -0.2) is 20.4 Å². The Morgan fingerprint density at radius 1 is 1.26 bits per heavy atom. The molecule has 5 nitrogen and oxygen atoms in total. The fourth-order valence-electron chi connectivity index (χ4n) is 3.30. The fourth-order valence-corrected chi connectivity index (χ4v) is 3.30. The molecule has 0 fully saturated rings. The predicted octanol–water partition coefficient (Wildman–Crippen LogP) is 3.49. The second-order valence-electron chi connectivity index (χ2n) is 6.49. The number of nitrogens with zero attached hydrogens (tertiary/aromatic N) is 2. The Kier molecular flexibility index (Phi) is 4.46. The van der Waals surface area contributed by atoms with Gasteiger partial charge in [-0.3, -0.25) is 4.79 Å². The van der Waals surface area contributed by atoms with Gasteiger partial charge in [0.15, 0.2) is 0 Å². The number of carbonyl (C=O) groups excluding carboxylic acids is 1. The Hall–Kier alpha value is -3.41. The van der Waals surface area contributed by atoms with Crippen LogP contribution in [0, 0.1) is 5.82 Å². The molecule has 2 aromatic carbocycles. The number of hydrogen-bond donors (Lipinski definition) is 2. The SMILES string of the molecule is Cn1ccnc1C(NC(=O)Cc1c[nH]c2ccccc12)c1cccc(F)c1. The van der Waals surface area contributed by atoms with Crippen LogP contribution in [0.1, 0.15) is 23.0 Å². The van der Waals surface area contributed by atoms with E-state index in [-0.39, 0.29) is 18.1 Å². The van der Waals surface area contributed by atoms with E-state index in [9.17, 15) is 9.18 Å². The van der Waals surface area contributed by atoms with E-state index in [0.29, 0.717) is 11.4 Å². The summed E-state index contributed by atoms with van der Waals surface area (Å²) in [7, 11) is 1.85. The molecular formula is C21H19FN4O. The van der Waals surface area contributed by atoms with Crippen molar-refractivity contribution in [2.24, 2.45) is 7.05 Å². The van der Waals surface area contributed by atoms with Gasteiger partial charge in [0, 0.05) is 36.5 Å². The number of halogens is 1. The van der Waals surface area contributed by atoms with Crippen molar-refractivity contribution >= 4 is 16.8 Å². The number of para-hydroxylation sites is 1. The minimum absolute atomic E-state index is 0.156. The zero-order chi connectivity index (χ0) is 18.8. The molecule has 1 unspecified atom stereocenters. The van der Waals surface area contributed by atoms with Crippen LogP contribution in [0.2, 0.25) is 0 Å². The van der Waals surface area contributed by atoms with Crippen molar-refractivity contribution in [2.45, 2.75) is 12.5 Å². The monoisotopic (exact) mass is 362 g/mol. The van der Waals surface area contributed by atoms with Gasteiger partial charge < -0.3 is 14.9 Å². The molecule has 0 spiro atoms. The zero-order valence-corrected chi connectivity index (χ0v) is 14.8. The van der Waals surface area contributed by atoms with Gasteiger partial charge in [-0.2, -0.15) is 0 Å². The normalized spacial score (nSPS) is 12.2. The molecule has 1 atom stereocenters. The molecule has 136 valence electrons. The summed E-state index contributed by atoms with van der Waals surface area (Å²) in [6.07, 6.45) is 5.53.